The molecule has 0 saturated heterocycles. The molecule has 3 N–H and O–H groups in total. The monoisotopic (exact) mass is 516 g/mol. The van der Waals surface area contributed by atoms with Crippen LogP contribution in [0.25, 0.3) is 21.8 Å². The zero-order valence-corrected chi connectivity index (χ0v) is 20.9. The molecule has 0 aliphatic heterocycles. The molecule has 0 bridgehead atoms. The van der Waals surface area contributed by atoms with Crippen molar-refractivity contribution in [2.24, 2.45) is 0 Å². The number of para-hydroxylation sites is 1. The Morgan fingerprint density at radius 1 is 1.08 bits per heavy atom. The number of phenols is 1. The van der Waals surface area contributed by atoms with Gasteiger partial charge in [-0.25, -0.2) is 4.98 Å². The molecule has 5 aromatic rings. The van der Waals surface area contributed by atoms with Gasteiger partial charge < -0.3 is 20.5 Å². The molecule has 0 radical (unpaired) electrons. The molecule has 188 valence electrons. The van der Waals surface area contributed by atoms with Gasteiger partial charge in [-0.2, -0.15) is 0 Å². The first-order chi connectivity index (χ1) is 18.0. The van der Waals surface area contributed by atoms with Crippen molar-refractivity contribution < 1.29 is 14.6 Å². The number of fused-ring (bicyclic) bond motifs is 2. The average molecular weight is 517 g/mol. The van der Waals surface area contributed by atoms with E-state index in [-0.39, 0.29) is 18.1 Å². The predicted octanol–water partition coefficient (Wildman–Crippen LogP) is 4.32. The number of carbonyl (C=O) groups excluding carboxylic acids is 1. The van der Waals surface area contributed by atoms with Crippen molar-refractivity contribution in [2.45, 2.75) is 19.5 Å². The molecule has 0 fully saturated rings. The second-order valence-corrected chi connectivity index (χ2v) is 8.96. The molecule has 10 heteroatoms. The Morgan fingerprint density at radius 2 is 1.92 bits per heavy atom. The van der Waals surface area contributed by atoms with E-state index in [1.807, 2.05) is 42.5 Å². The summed E-state index contributed by atoms with van der Waals surface area (Å²) < 4.78 is 6.81. The number of ether oxygens (including phenoxy) is 1. The summed E-state index contributed by atoms with van der Waals surface area (Å²) in [6, 6.07) is 18.6. The summed E-state index contributed by atoms with van der Waals surface area (Å²) in [4.78, 5) is 17.1. The minimum absolute atomic E-state index is 0.0541. The number of pyridine rings is 1. The Hall–Kier alpha value is -4.37. The molecule has 0 aliphatic carbocycles. The molecule has 1 amide bonds. The van der Waals surface area contributed by atoms with Gasteiger partial charge in [0, 0.05) is 35.1 Å². The van der Waals surface area contributed by atoms with Crippen molar-refractivity contribution in [3.05, 3.63) is 83.1 Å². The summed E-state index contributed by atoms with van der Waals surface area (Å²) in [5.74, 6) is 0.240. The Morgan fingerprint density at radius 3 is 2.78 bits per heavy atom. The summed E-state index contributed by atoms with van der Waals surface area (Å²) in [5.41, 5.74) is 4.10. The van der Waals surface area contributed by atoms with Crippen molar-refractivity contribution >= 4 is 45.0 Å². The highest BCUT2D eigenvalue weighted by molar-refractivity contribution is 6.31. The number of rotatable bonds is 9. The number of nitrogens with one attached hydrogen (secondary N) is 2. The summed E-state index contributed by atoms with van der Waals surface area (Å²) in [5, 5.41) is 27.0. The van der Waals surface area contributed by atoms with Crippen LogP contribution in [-0.2, 0) is 24.3 Å². The fourth-order valence-corrected chi connectivity index (χ4v) is 4.31. The van der Waals surface area contributed by atoms with Crippen LogP contribution in [0.2, 0.25) is 5.02 Å². The summed E-state index contributed by atoms with van der Waals surface area (Å²) in [6.45, 7) is 1.48. The molecule has 2 heterocycles. The number of phenolic OH excluding ortho intramolecular Hbond substituents is 1. The largest absolute Gasteiger partial charge is 0.504 e. The first-order valence-electron chi connectivity index (χ1n) is 11.7. The van der Waals surface area contributed by atoms with Crippen molar-refractivity contribution in [1.29, 1.82) is 0 Å². The number of hydrogen-bond acceptors (Lipinski definition) is 7. The van der Waals surface area contributed by atoms with Gasteiger partial charge in [0.2, 0.25) is 5.91 Å². The number of amides is 1. The van der Waals surface area contributed by atoms with E-state index in [9.17, 15) is 9.90 Å². The summed E-state index contributed by atoms with van der Waals surface area (Å²) >= 11 is 6.19. The van der Waals surface area contributed by atoms with E-state index in [0.717, 1.165) is 33.1 Å². The number of benzene rings is 3. The number of aromatic hydroxyl groups is 1. The van der Waals surface area contributed by atoms with Crippen LogP contribution in [-0.4, -0.2) is 44.6 Å². The van der Waals surface area contributed by atoms with Gasteiger partial charge in [0.1, 0.15) is 0 Å². The van der Waals surface area contributed by atoms with Gasteiger partial charge in [0.25, 0.3) is 0 Å². The lowest BCUT2D eigenvalue weighted by Gasteiger charge is -2.13. The molecule has 0 spiro atoms. The van der Waals surface area contributed by atoms with Gasteiger partial charge in [-0.1, -0.05) is 41.1 Å². The van der Waals surface area contributed by atoms with E-state index in [1.54, 1.807) is 23.0 Å². The Balaban J connectivity index is 1.19. The molecule has 2 aromatic heterocycles. The quantitative estimate of drug-likeness (QED) is 0.250. The van der Waals surface area contributed by atoms with Crippen LogP contribution in [0.5, 0.6) is 11.5 Å². The molecule has 0 saturated carbocycles. The fourth-order valence-electron chi connectivity index (χ4n) is 4.14. The third kappa shape index (κ3) is 5.57. The zero-order chi connectivity index (χ0) is 25.8. The lowest BCUT2D eigenvalue weighted by molar-refractivity contribution is -0.120. The van der Waals surface area contributed by atoms with Crippen LogP contribution < -0.4 is 15.4 Å². The Kier molecular flexibility index (Phi) is 7.04. The third-order valence-corrected chi connectivity index (χ3v) is 6.18. The average Bonchev–Trinajstić information content (AvgIpc) is 3.34. The number of anilines is 1. The van der Waals surface area contributed by atoms with E-state index in [0.29, 0.717) is 36.1 Å². The zero-order valence-electron chi connectivity index (χ0n) is 20.1. The van der Waals surface area contributed by atoms with E-state index < -0.39 is 0 Å². The number of methoxy groups -OCH3 is 1. The molecular formula is C27H25ClN6O3. The Bertz CT molecular complexity index is 1590. The first kappa shape index (κ1) is 24.3. The number of hydrogen-bond donors (Lipinski definition) is 3. The molecular weight excluding hydrogens is 492 g/mol. The molecule has 0 unspecified atom stereocenters. The maximum atomic E-state index is 12.4. The second kappa shape index (κ2) is 10.7. The van der Waals surface area contributed by atoms with E-state index in [2.05, 4.69) is 20.9 Å². The minimum atomic E-state index is -0.175. The normalized spacial score (nSPS) is 11.1. The van der Waals surface area contributed by atoms with Crippen LogP contribution in [0, 0.1) is 0 Å². The van der Waals surface area contributed by atoms with Gasteiger partial charge in [-0.05, 0) is 42.0 Å². The fraction of sp³-hybridized carbons (Fsp3) is 0.185. The predicted molar refractivity (Wildman–Crippen MR) is 143 cm³/mol. The van der Waals surface area contributed by atoms with Crippen molar-refractivity contribution in [3.63, 3.8) is 0 Å². The van der Waals surface area contributed by atoms with Crippen molar-refractivity contribution in [3.8, 4) is 11.5 Å². The number of aromatic nitrogens is 4. The van der Waals surface area contributed by atoms with Crippen molar-refractivity contribution in [1.82, 2.24) is 25.3 Å². The third-order valence-electron chi connectivity index (χ3n) is 5.95. The van der Waals surface area contributed by atoms with Gasteiger partial charge in [0.05, 0.1) is 42.5 Å². The Labute approximate surface area is 218 Å². The maximum absolute atomic E-state index is 12.4. The maximum Gasteiger partial charge on any atom is 0.226 e. The highest BCUT2D eigenvalue weighted by Crippen LogP contribution is 2.32. The second-order valence-electron chi connectivity index (χ2n) is 8.52. The summed E-state index contributed by atoms with van der Waals surface area (Å²) in [6.07, 6.45) is 1.89. The number of nitrogens with zero attached hydrogens (tertiary/aromatic N) is 4. The molecule has 5 rings (SSSR count). The van der Waals surface area contributed by atoms with Crippen LogP contribution in [0.3, 0.4) is 0 Å². The van der Waals surface area contributed by atoms with Crippen LogP contribution in [0.1, 0.15) is 11.3 Å². The van der Waals surface area contributed by atoms with Gasteiger partial charge in [-0.3, -0.25) is 9.48 Å². The highest BCUT2D eigenvalue weighted by Gasteiger charge is 2.11. The lowest BCUT2D eigenvalue weighted by atomic mass is 10.1. The molecule has 37 heavy (non-hydrogen) atoms. The first-order valence-corrected chi connectivity index (χ1v) is 12.1. The SMILES string of the molecule is COc1cc(CNC(=O)Cc2cn(CCNc3c4ccccc4nc4cc(Cl)ccc34)nn2)ccc1O. The van der Waals surface area contributed by atoms with E-state index in [1.165, 1.54) is 13.2 Å². The standard InChI is InChI=1S/C27H25ClN6O3/c1-37-25-12-17(6-9-24(25)35)15-30-26(36)14-19-16-34(33-32-19)11-10-29-27-20-4-2-3-5-22(20)31-23-13-18(28)7-8-21(23)27/h2-9,12-13,16,35H,10-11,14-15H2,1H3,(H,29,31)(H,30,36). The topological polar surface area (TPSA) is 114 Å². The number of carbonyl (C=O) groups is 1. The number of halogens is 1. The van der Waals surface area contributed by atoms with E-state index in [4.69, 9.17) is 21.3 Å². The molecule has 3 aromatic carbocycles. The minimum Gasteiger partial charge on any atom is -0.504 e. The van der Waals surface area contributed by atoms with Gasteiger partial charge in [-0.15, -0.1) is 5.10 Å². The van der Waals surface area contributed by atoms with Gasteiger partial charge in [0.15, 0.2) is 11.5 Å². The molecule has 0 atom stereocenters. The van der Waals surface area contributed by atoms with Crippen LogP contribution in [0.15, 0.2) is 66.9 Å². The highest BCUT2D eigenvalue weighted by atomic mass is 35.5. The smallest absolute Gasteiger partial charge is 0.226 e. The van der Waals surface area contributed by atoms with Crippen molar-refractivity contribution in [2.75, 3.05) is 19.0 Å². The van der Waals surface area contributed by atoms with E-state index >= 15 is 0 Å². The van der Waals surface area contributed by atoms with Crippen LogP contribution >= 0.6 is 11.6 Å². The molecule has 9 nitrogen and oxygen atoms in total. The summed E-state index contributed by atoms with van der Waals surface area (Å²) in [7, 11) is 1.48. The molecule has 0 aliphatic rings. The lowest BCUT2D eigenvalue weighted by Crippen LogP contribution is -2.24. The van der Waals surface area contributed by atoms with Gasteiger partial charge >= 0.3 is 0 Å². The van der Waals surface area contributed by atoms with Crippen LogP contribution in [0.4, 0.5) is 5.69 Å².